The Balaban J connectivity index is 1.94. The van der Waals surface area contributed by atoms with Gasteiger partial charge in [-0.1, -0.05) is 0 Å². The minimum Gasteiger partial charge on any atom is -0.354 e. The fourth-order valence-electron chi connectivity index (χ4n) is 1.56. The molecule has 0 aliphatic rings. The number of aromatic nitrogens is 3. The molecule has 0 aromatic carbocycles. The van der Waals surface area contributed by atoms with E-state index < -0.39 is 0 Å². The number of amides is 2. The summed E-state index contributed by atoms with van der Waals surface area (Å²) in [4.78, 5) is 35.4. The van der Waals surface area contributed by atoms with Crippen molar-refractivity contribution in [1.82, 2.24) is 20.3 Å². The highest BCUT2D eigenvalue weighted by Crippen LogP contribution is 2.16. The first kappa shape index (κ1) is 15.0. The topological polar surface area (TPSA) is 96.9 Å². The summed E-state index contributed by atoms with van der Waals surface area (Å²) in [7, 11) is 0. The zero-order valence-electron chi connectivity index (χ0n) is 11.7. The van der Waals surface area contributed by atoms with Crippen LogP contribution in [0, 0.1) is 0 Å². The van der Waals surface area contributed by atoms with Gasteiger partial charge in [0.15, 0.2) is 5.13 Å². The lowest BCUT2D eigenvalue weighted by atomic mass is 10.3. The van der Waals surface area contributed by atoms with Crippen LogP contribution in [-0.2, 0) is 11.2 Å². The summed E-state index contributed by atoms with van der Waals surface area (Å²) >= 11 is 1.26. The number of rotatable bonds is 5. The second-order valence-electron chi connectivity index (χ2n) is 4.59. The number of thiazole rings is 1. The normalized spacial score (nSPS) is 10.4. The lowest BCUT2D eigenvalue weighted by Gasteiger charge is -2.06. The molecule has 0 bridgehead atoms. The van der Waals surface area contributed by atoms with E-state index >= 15 is 0 Å². The van der Waals surface area contributed by atoms with E-state index in [1.54, 1.807) is 5.38 Å². The Morgan fingerprint density at radius 3 is 2.81 bits per heavy atom. The van der Waals surface area contributed by atoms with E-state index in [1.807, 2.05) is 13.8 Å². The third-order valence-corrected chi connectivity index (χ3v) is 3.17. The molecular formula is C13H15N5O2S. The van der Waals surface area contributed by atoms with Gasteiger partial charge >= 0.3 is 0 Å². The van der Waals surface area contributed by atoms with Crippen LogP contribution >= 0.6 is 11.3 Å². The maximum atomic E-state index is 11.9. The summed E-state index contributed by atoms with van der Waals surface area (Å²) in [6, 6.07) is 0.0898. The molecule has 2 rings (SSSR count). The SMILES string of the molecule is CC(C)NC(=O)Cc1csc(NC(=O)c2cnccn2)n1. The van der Waals surface area contributed by atoms with E-state index in [4.69, 9.17) is 0 Å². The summed E-state index contributed by atoms with van der Waals surface area (Å²) in [5.41, 5.74) is 0.833. The molecule has 8 heteroatoms. The van der Waals surface area contributed by atoms with E-state index in [1.165, 1.54) is 29.9 Å². The number of hydrogen-bond donors (Lipinski definition) is 2. The Hall–Kier alpha value is -2.35. The third kappa shape index (κ3) is 4.60. The number of hydrogen-bond acceptors (Lipinski definition) is 6. The Bertz CT molecular complexity index is 627. The van der Waals surface area contributed by atoms with Gasteiger partial charge in [-0.25, -0.2) is 9.97 Å². The lowest BCUT2D eigenvalue weighted by molar-refractivity contribution is -0.120. The molecule has 0 aliphatic heterocycles. The van der Waals surface area contributed by atoms with Crippen LogP contribution in [0.15, 0.2) is 24.0 Å². The minimum absolute atomic E-state index is 0.0898. The molecule has 0 saturated carbocycles. The predicted octanol–water partition coefficient (Wildman–Crippen LogP) is 1.25. The number of anilines is 1. The molecule has 0 fully saturated rings. The lowest BCUT2D eigenvalue weighted by Crippen LogP contribution is -2.31. The molecule has 0 radical (unpaired) electrons. The Morgan fingerprint density at radius 1 is 1.33 bits per heavy atom. The van der Waals surface area contributed by atoms with Crippen molar-refractivity contribution in [2.45, 2.75) is 26.3 Å². The molecule has 2 amide bonds. The summed E-state index contributed by atoms with van der Waals surface area (Å²) in [6.07, 6.45) is 4.50. The molecule has 7 nitrogen and oxygen atoms in total. The van der Waals surface area contributed by atoms with Crippen LogP contribution in [0.2, 0.25) is 0 Å². The van der Waals surface area contributed by atoms with Crippen molar-refractivity contribution in [3.63, 3.8) is 0 Å². The van der Waals surface area contributed by atoms with Gasteiger partial charge in [-0.05, 0) is 13.8 Å². The van der Waals surface area contributed by atoms with E-state index in [2.05, 4.69) is 25.6 Å². The maximum Gasteiger partial charge on any atom is 0.277 e. The van der Waals surface area contributed by atoms with Crippen LogP contribution in [0.1, 0.15) is 30.0 Å². The van der Waals surface area contributed by atoms with E-state index in [0.29, 0.717) is 10.8 Å². The zero-order chi connectivity index (χ0) is 15.2. The molecule has 110 valence electrons. The molecule has 0 saturated heterocycles. The minimum atomic E-state index is -0.379. The summed E-state index contributed by atoms with van der Waals surface area (Å²) in [5, 5.41) is 7.59. The van der Waals surface area contributed by atoms with Gasteiger partial charge in [0, 0.05) is 23.8 Å². The fourth-order valence-corrected chi connectivity index (χ4v) is 2.27. The molecule has 2 heterocycles. The molecule has 21 heavy (non-hydrogen) atoms. The maximum absolute atomic E-state index is 11.9. The van der Waals surface area contributed by atoms with Gasteiger partial charge in [-0.3, -0.25) is 19.9 Å². The van der Waals surface area contributed by atoms with Crippen molar-refractivity contribution in [3.8, 4) is 0 Å². The van der Waals surface area contributed by atoms with Crippen LogP contribution in [0.25, 0.3) is 0 Å². The van der Waals surface area contributed by atoms with Crippen LogP contribution in [0.3, 0.4) is 0 Å². The highest BCUT2D eigenvalue weighted by Gasteiger charge is 2.12. The Labute approximate surface area is 125 Å². The number of carbonyl (C=O) groups excluding carboxylic acids is 2. The second-order valence-corrected chi connectivity index (χ2v) is 5.45. The third-order valence-electron chi connectivity index (χ3n) is 2.36. The largest absolute Gasteiger partial charge is 0.354 e. The highest BCUT2D eigenvalue weighted by molar-refractivity contribution is 7.14. The molecule has 0 aliphatic carbocycles. The van der Waals surface area contributed by atoms with Gasteiger partial charge in [0.25, 0.3) is 5.91 Å². The van der Waals surface area contributed by atoms with Gasteiger partial charge in [-0.2, -0.15) is 0 Å². The van der Waals surface area contributed by atoms with Gasteiger partial charge < -0.3 is 5.32 Å². The van der Waals surface area contributed by atoms with Gasteiger partial charge in [0.1, 0.15) is 5.69 Å². The summed E-state index contributed by atoms with van der Waals surface area (Å²) in [6.45, 7) is 3.79. The molecule has 0 unspecified atom stereocenters. The standard InChI is InChI=1S/C13H15N5O2S/c1-8(2)16-11(19)5-9-7-21-13(17-9)18-12(20)10-6-14-3-4-15-10/h3-4,6-8H,5H2,1-2H3,(H,16,19)(H,17,18,20). The summed E-state index contributed by atoms with van der Waals surface area (Å²) in [5.74, 6) is -0.474. The molecule has 2 N–H and O–H groups in total. The molecule has 0 spiro atoms. The van der Waals surface area contributed by atoms with Crippen molar-refractivity contribution < 1.29 is 9.59 Å². The van der Waals surface area contributed by atoms with E-state index in [9.17, 15) is 9.59 Å². The highest BCUT2D eigenvalue weighted by atomic mass is 32.1. The van der Waals surface area contributed by atoms with Crippen LogP contribution in [0.5, 0.6) is 0 Å². The molecule has 2 aromatic rings. The van der Waals surface area contributed by atoms with Gasteiger partial charge in [-0.15, -0.1) is 11.3 Å². The average molecular weight is 305 g/mol. The van der Waals surface area contributed by atoms with Gasteiger partial charge in [0.05, 0.1) is 18.3 Å². The molecule has 0 atom stereocenters. The fraction of sp³-hybridized carbons (Fsp3) is 0.308. The first-order chi connectivity index (χ1) is 10.0. The average Bonchev–Trinajstić information content (AvgIpc) is 2.85. The monoisotopic (exact) mass is 305 g/mol. The Morgan fingerprint density at radius 2 is 2.14 bits per heavy atom. The van der Waals surface area contributed by atoms with Crippen molar-refractivity contribution in [2.24, 2.45) is 0 Å². The number of nitrogens with zero attached hydrogens (tertiary/aromatic N) is 3. The predicted molar refractivity (Wildman–Crippen MR) is 79.1 cm³/mol. The van der Waals surface area contributed by atoms with Crippen molar-refractivity contribution in [3.05, 3.63) is 35.4 Å². The number of carbonyl (C=O) groups is 2. The summed E-state index contributed by atoms with van der Waals surface area (Å²) < 4.78 is 0. The van der Waals surface area contributed by atoms with E-state index in [-0.39, 0.29) is 30.0 Å². The van der Waals surface area contributed by atoms with Crippen molar-refractivity contribution in [2.75, 3.05) is 5.32 Å². The first-order valence-electron chi connectivity index (χ1n) is 6.35. The molecule has 2 aromatic heterocycles. The van der Waals surface area contributed by atoms with Crippen LogP contribution in [-0.4, -0.2) is 32.8 Å². The second kappa shape index (κ2) is 6.89. The quantitative estimate of drug-likeness (QED) is 0.866. The first-order valence-corrected chi connectivity index (χ1v) is 7.23. The van der Waals surface area contributed by atoms with Crippen molar-refractivity contribution >= 4 is 28.3 Å². The van der Waals surface area contributed by atoms with Gasteiger partial charge in [0.2, 0.25) is 5.91 Å². The van der Waals surface area contributed by atoms with Crippen LogP contribution in [0.4, 0.5) is 5.13 Å². The Kier molecular flexibility index (Phi) is 4.94. The van der Waals surface area contributed by atoms with E-state index in [0.717, 1.165) is 0 Å². The number of nitrogens with one attached hydrogen (secondary N) is 2. The van der Waals surface area contributed by atoms with Crippen LogP contribution < -0.4 is 10.6 Å². The molecular weight excluding hydrogens is 290 g/mol. The zero-order valence-corrected chi connectivity index (χ0v) is 12.5. The smallest absolute Gasteiger partial charge is 0.277 e. The van der Waals surface area contributed by atoms with Crippen molar-refractivity contribution in [1.29, 1.82) is 0 Å².